The Morgan fingerprint density at radius 1 is 1.44 bits per heavy atom. The zero-order valence-electron chi connectivity index (χ0n) is 9.63. The smallest absolute Gasteiger partial charge is 0.305 e. The van der Waals surface area contributed by atoms with Gasteiger partial charge in [-0.05, 0) is 6.07 Å². The van der Waals surface area contributed by atoms with E-state index < -0.39 is 26.3 Å². The lowest BCUT2D eigenvalue weighted by Gasteiger charge is -2.06. The van der Waals surface area contributed by atoms with Crippen molar-refractivity contribution in [1.82, 2.24) is 0 Å². The molecule has 0 aliphatic heterocycles. The Bertz CT molecular complexity index is 543. The number of rotatable bonds is 6. The van der Waals surface area contributed by atoms with Gasteiger partial charge >= 0.3 is 5.69 Å². The lowest BCUT2D eigenvalue weighted by molar-refractivity contribution is -0.387. The number of nitro benzene ring substituents is 1. The Hall–Kier alpha value is -1.70. The van der Waals surface area contributed by atoms with Gasteiger partial charge < -0.3 is 4.74 Å². The highest BCUT2D eigenvalue weighted by atomic mass is 32.2. The molecular formula is C10H12FNO5S. The number of nitrogens with zero attached hydrogens (tertiary/aromatic N) is 1. The van der Waals surface area contributed by atoms with Crippen molar-refractivity contribution in [3.05, 3.63) is 34.1 Å². The fraction of sp³-hybridized carbons (Fsp3) is 0.400. The molecule has 0 N–H and O–H groups in total. The number of hydrogen-bond donors (Lipinski definition) is 0. The Morgan fingerprint density at radius 3 is 2.61 bits per heavy atom. The molecule has 8 heteroatoms. The standard InChI is InChI=1S/C10H12FNO5S/c1-2-18(15,16)6-5-17-8-3-4-10(12(13)14)9(11)7-8/h3-4,7H,2,5-6H2,1H3. The molecule has 0 aromatic heterocycles. The first-order valence-corrected chi connectivity index (χ1v) is 6.95. The van der Waals surface area contributed by atoms with E-state index in [0.717, 1.165) is 12.1 Å². The van der Waals surface area contributed by atoms with Crippen molar-refractivity contribution in [3.8, 4) is 5.75 Å². The average Bonchev–Trinajstić information content (AvgIpc) is 2.28. The second kappa shape index (κ2) is 5.76. The van der Waals surface area contributed by atoms with E-state index in [1.807, 2.05) is 0 Å². The lowest BCUT2D eigenvalue weighted by Crippen LogP contribution is -2.15. The van der Waals surface area contributed by atoms with Crippen LogP contribution < -0.4 is 4.74 Å². The monoisotopic (exact) mass is 277 g/mol. The fourth-order valence-corrected chi connectivity index (χ4v) is 1.78. The summed E-state index contributed by atoms with van der Waals surface area (Å²) in [6, 6.07) is 3.05. The summed E-state index contributed by atoms with van der Waals surface area (Å²) in [5.41, 5.74) is -0.650. The van der Waals surface area contributed by atoms with E-state index in [0.29, 0.717) is 0 Å². The highest BCUT2D eigenvalue weighted by Gasteiger charge is 2.14. The van der Waals surface area contributed by atoms with Crippen LogP contribution in [-0.2, 0) is 9.84 Å². The minimum absolute atomic E-state index is 0.00494. The van der Waals surface area contributed by atoms with Crippen molar-refractivity contribution in [2.75, 3.05) is 18.1 Å². The van der Waals surface area contributed by atoms with Gasteiger partial charge in [0.15, 0.2) is 9.84 Å². The van der Waals surface area contributed by atoms with E-state index in [9.17, 15) is 22.9 Å². The number of nitro groups is 1. The Labute approximate surface area is 103 Å². The zero-order valence-corrected chi connectivity index (χ0v) is 10.4. The first kappa shape index (κ1) is 14.4. The third kappa shape index (κ3) is 3.95. The van der Waals surface area contributed by atoms with Gasteiger partial charge in [0, 0.05) is 17.9 Å². The van der Waals surface area contributed by atoms with Crippen molar-refractivity contribution in [1.29, 1.82) is 0 Å². The predicted octanol–water partition coefficient (Wildman–Crippen LogP) is 1.55. The molecule has 0 bridgehead atoms. The molecule has 0 atom stereocenters. The van der Waals surface area contributed by atoms with Gasteiger partial charge in [0.2, 0.25) is 5.82 Å². The average molecular weight is 277 g/mol. The summed E-state index contributed by atoms with van der Waals surface area (Å²) in [5.74, 6) is -1.13. The van der Waals surface area contributed by atoms with Crippen LogP contribution in [0, 0.1) is 15.9 Å². The van der Waals surface area contributed by atoms with Gasteiger partial charge in [0.1, 0.15) is 12.4 Å². The molecule has 0 aliphatic carbocycles. The van der Waals surface area contributed by atoms with Crippen molar-refractivity contribution in [2.45, 2.75) is 6.92 Å². The fourth-order valence-electron chi connectivity index (χ4n) is 1.16. The lowest BCUT2D eigenvalue weighted by atomic mass is 10.3. The maximum absolute atomic E-state index is 13.2. The van der Waals surface area contributed by atoms with Gasteiger partial charge in [0.05, 0.1) is 10.7 Å². The van der Waals surface area contributed by atoms with Crippen molar-refractivity contribution in [2.24, 2.45) is 0 Å². The summed E-state index contributed by atoms with van der Waals surface area (Å²) in [6.07, 6.45) is 0. The molecule has 0 saturated carbocycles. The third-order valence-electron chi connectivity index (χ3n) is 2.22. The number of ether oxygens (including phenoxy) is 1. The van der Waals surface area contributed by atoms with Crippen LogP contribution in [-0.4, -0.2) is 31.5 Å². The second-order valence-electron chi connectivity index (χ2n) is 3.46. The van der Waals surface area contributed by atoms with Crippen LogP contribution >= 0.6 is 0 Å². The quantitative estimate of drug-likeness (QED) is 0.581. The van der Waals surface area contributed by atoms with E-state index in [4.69, 9.17) is 4.74 Å². The largest absolute Gasteiger partial charge is 0.492 e. The molecule has 1 aromatic carbocycles. The SMILES string of the molecule is CCS(=O)(=O)CCOc1ccc([N+](=O)[O-])c(F)c1. The topological polar surface area (TPSA) is 86.5 Å². The molecule has 0 amide bonds. The van der Waals surface area contributed by atoms with Crippen LogP contribution in [0.1, 0.15) is 6.92 Å². The van der Waals surface area contributed by atoms with Crippen molar-refractivity contribution < 1.29 is 22.5 Å². The van der Waals surface area contributed by atoms with E-state index in [1.165, 1.54) is 13.0 Å². The third-order valence-corrected chi connectivity index (χ3v) is 3.89. The van der Waals surface area contributed by atoms with Crippen LogP contribution in [0.2, 0.25) is 0 Å². The number of hydrogen-bond acceptors (Lipinski definition) is 5. The van der Waals surface area contributed by atoms with E-state index in [1.54, 1.807) is 0 Å². The molecule has 0 heterocycles. The van der Waals surface area contributed by atoms with Crippen LogP contribution in [0.15, 0.2) is 18.2 Å². The zero-order chi connectivity index (χ0) is 13.8. The highest BCUT2D eigenvalue weighted by molar-refractivity contribution is 7.91. The van der Waals surface area contributed by atoms with E-state index >= 15 is 0 Å². The molecule has 18 heavy (non-hydrogen) atoms. The first-order valence-electron chi connectivity index (χ1n) is 5.13. The molecule has 6 nitrogen and oxygen atoms in total. The van der Waals surface area contributed by atoms with E-state index in [2.05, 4.69) is 0 Å². The van der Waals surface area contributed by atoms with Crippen LogP contribution in [0.3, 0.4) is 0 Å². The van der Waals surface area contributed by atoms with Gasteiger partial charge in [-0.3, -0.25) is 10.1 Å². The molecule has 100 valence electrons. The minimum atomic E-state index is -3.15. The number of sulfone groups is 1. The predicted molar refractivity (Wildman–Crippen MR) is 62.9 cm³/mol. The molecule has 1 aromatic rings. The molecule has 1 rings (SSSR count). The van der Waals surface area contributed by atoms with Gasteiger partial charge in [-0.1, -0.05) is 6.92 Å². The minimum Gasteiger partial charge on any atom is -0.492 e. The summed E-state index contributed by atoms with van der Waals surface area (Å²) < 4.78 is 40.5. The molecular weight excluding hydrogens is 265 g/mol. The first-order chi connectivity index (χ1) is 8.35. The van der Waals surface area contributed by atoms with Crippen LogP contribution in [0.5, 0.6) is 5.75 Å². The summed E-state index contributed by atoms with van der Waals surface area (Å²) in [4.78, 5) is 9.52. The van der Waals surface area contributed by atoms with Crippen LogP contribution in [0.4, 0.5) is 10.1 Å². The molecule has 0 aliphatic rings. The van der Waals surface area contributed by atoms with Gasteiger partial charge in [-0.2, -0.15) is 4.39 Å². The molecule has 0 unspecified atom stereocenters. The highest BCUT2D eigenvalue weighted by Crippen LogP contribution is 2.22. The molecule has 0 fully saturated rings. The molecule has 0 radical (unpaired) electrons. The Kier molecular flexibility index (Phi) is 4.60. The van der Waals surface area contributed by atoms with Gasteiger partial charge in [-0.25, -0.2) is 8.42 Å². The van der Waals surface area contributed by atoms with Gasteiger partial charge in [-0.15, -0.1) is 0 Å². The molecule has 0 saturated heterocycles. The Morgan fingerprint density at radius 2 is 2.11 bits per heavy atom. The molecule has 0 spiro atoms. The van der Waals surface area contributed by atoms with Crippen molar-refractivity contribution in [3.63, 3.8) is 0 Å². The van der Waals surface area contributed by atoms with E-state index in [-0.39, 0.29) is 23.9 Å². The summed E-state index contributed by atoms with van der Waals surface area (Å²) in [6.45, 7) is 1.40. The number of halogens is 1. The summed E-state index contributed by atoms with van der Waals surface area (Å²) in [7, 11) is -3.15. The second-order valence-corrected chi connectivity index (χ2v) is 5.93. The maximum Gasteiger partial charge on any atom is 0.305 e. The van der Waals surface area contributed by atoms with Gasteiger partial charge in [0.25, 0.3) is 0 Å². The van der Waals surface area contributed by atoms with Crippen LogP contribution in [0.25, 0.3) is 0 Å². The summed E-state index contributed by atoms with van der Waals surface area (Å²) in [5, 5.41) is 10.4. The number of benzene rings is 1. The van der Waals surface area contributed by atoms with Crippen molar-refractivity contribution >= 4 is 15.5 Å². The Balaban J connectivity index is 2.65. The summed E-state index contributed by atoms with van der Waals surface area (Å²) >= 11 is 0. The normalized spacial score (nSPS) is 11.2. The maximum atomic E-state index is 13.2.